The van der Waals surface area contributed by atoms with Gasteiger partial charge in [-0.05, 0) is 40.0 Å². The second-order valence-electron chi connectivity index (χ2n) is 10.9. The number of rotatable bonds is 11. The summed E-state index contributed by atoms with van der Waals surface area (Å²) in [5.74, 6) is -0.819. The molecule has 0 saturated heterocycles. The fourth-order valence-corrected chi connectivity index (χ4v) is 5.60. The normalized spacial score (nSPS) is 21.2. The first kappa shape index (κ1) is 27.7. The number of nitrogens with zero attached hydrogens (tertiary/aromatic N) is 4. The number of ether oxygens (including phenoxy) is 3. The van der Waals surface area contributed by atoms with Crippen LogP contribution in [0.2, 0.25) is 0 Å². The highest BCUT2D eigenvalue weighted by atomic mass is 32.1. The molecule has 0 aromatic carbocycles. The minimum atomic E-state index is -0.798. The Kier molecular flexibility index (Phi) is 7.14. The number of methoxy groups -OCH3 is 1. The monoisotopic (exact) mass is 573 g/mol. The van der Waals surface area contributed by atoms with E-state index in [2.05, 4.69) is 31.2 Å². The Balaban J connectivity index is 1.33. The number of aromatic nitrogens is 4. The molecule has 14 nitrogen and oxygen atoms in total. The maximum Gasteiger partial charge on any atom is 0.381 e. The third kappa shape index (κ3) is 5.71. The molecule has 3 N–H and O–H groups in total. The summed E-state index contributed by atoms with van der Waals surface area (Å²) in [6, 6.07) is 3.05. The van der Waals surface area contributed by atoms with Gasteiger partial charge in [0.15, 0.2) is 5.76 Å². The van der Waals surface area contributed by atoms with Crippen LogP contribution >= 0.6 is 11.3 Å². The molecule has 3 aliphatic rings. The summed E-state index contributed by atoms with van der Waals surface area (Å²) in [5, 5.41) is 21.2. The van der Waals surface area contributed by atoms with Crippen molar-refractivity contribution < 1.29 is 28.2 Å². The second kappa shape index (κ2) is 10.3. The fraction of sp³-hybridized carbons (Fsp3) is 0.520. The Hall–Kier alpha value is -3.82. The van der Waals surface area contributed by atoms with Crippen LogP contribution in [0.15, 0.2) is 27.5 Å². The van der Waals surface area contributed by atoms with Gasteiger partial charge in [-0.3, -0.25) is 14.9 Å². The van der Waals surface area contributed by atoms with Gasteiger partial charge in [-0.1, -0.05) is 11.3 Å². The van der Waals surface area contributed by atoms with E-state index in [0.717, 1.165) is 30.6 Å². The van der Waals surface area contributed by atoms with E-state index in [4.69, 9.17) is 18.6 Å². The van der Waals surface area contributed by atoms with Gasteiger partial charge in [0, 0.05) is 31.7 Å². The molecule has 3 aromatic heterocycles. The van der Waals surface area contributed by atoms with Crippen LogP contribution in [0, 0.1) is 0 Å². The Morgan fingerprint density at radius 3 is 2.60 bits per heavy atom. The summed E-state index contributed by atoms with van der Waals surface area (Å²) in [4.78, 5) is 37.5. The van der Waals surface area contributed by atoms with Crippen molar-refractivity contribution >= 4 is 39.8 Å². The van der Waals surface area contributed by atoms with Crippen molar-refractivity contribution in [2.75, 3.05) is 36.3 Å². The molecule has 15 heteroatoms. The zero-order valence-corrected chi connectivity index (χ0v) is 23.6. The number of carbonyl (C=O) groups is 2. The first-order chi connectivity index (χ1) is 18.9. The SMILES string of the molecule is COC12CC(Nc3cc(C(=O)Nc4nnc(-n5nccc5NC(C)=O)s4)oc(=O)c3OCCOC(C)(C)C)(C1)C2. The highest BCUT2D eigenvalue weighted by Gasteiger charge is 2.69. The molecular weight excluding hydrogens is 542 g/mol. The van der Waals surface area contributed by atoms with E-state index < -0.39 is 11.5 Å². The van der Waals surface area contributed by atoms with Gasteiger partial charge < -0.3 is 29.3 Å². The van der Waals surface area contributed by atoms with Gasteiger partial charge in [-0.25, -0.2) is 4.79 Å². The highest BCUT2D eigenvalue weighted by Crippen LogP contribution is 2.63. The third-order valence-electron chi connectivity index (χ3n) is 6.57. The van der Waals surface area contributed by atoms with Crippen LogP contribution in [0.5, 0.6) is 5.75 Å². The summed E-state index contributed by atoms with van der Waals surface area (Å²) in [6.07, 6.45) is 3.85. The predicted molar refractivity (Wildman–Crippen MR) is 145 cm³/mol. The van der Waals surface area contributed by atoms with Crippen LogP contribution in [0.4, 0.5) is 16.6 Å². The Morgan fingerprint density at radius 2 is 1.93 bits per heavy atom. The number of amides is 2. The second-order valence-corrected chi connectivity index (χ2v) is 11.9. The number of anilines is 3. The van der Waals surface area contributed by atoms with E-state index in [9.17, 15) is 14.4 Å². The molecule has 0 radical (unpaired) electrons. The Morgan fingerprint density at radius 1 is 1.18 bits per heavy atom. The van der Waals surface area contributed by atoms with E-state index in [-0.39, 0.29) is 52.5 Å². The molecule has 3 aliphatic carbocycles. The number of hydrogen-bond donors (Lipinski definition) is 3. The molecule has 2 bridgehead atoms. The fourth-order valence-electron chi connectivity index (χ4n) is 4.89. The smallest absolute Gasteiger partial charge is 0.381 e. The third-order valence-corrected chi connectivity index (χ3v) is 7.39. The van der Waals surface area contributed by atoms with Gasteiger partial charge in [-0.2, -0.15) is 9.78 Å². The maximum absolute atomic E-state index is 13.1. The largest absolute Gasteiger partial charge is 0.483 e. The number of hydrogen-bond acceptors (Lipinski definition) is 12. The summed E-state index contributed by atoms with van der Waals surface area (Å²) in [7, 11) is 1.69. The Bertz CT molecular complexity index is 1470. The molecule has 0 spiro atoms. The van der Waals surface area contributed by atoms with Gasteiger partial charge in [-0.15, -0.1) is 10.2 Å². The van der Waals surface area contributed by atoms with Crippen LogP contribution in [0.25, 0.3) is 5.13 Å². The molecule has 40 heavy (non-hydrogen) atoms. The molecule has 6 rings (SSSR count). The van der Waals surface area contributed by atoms with Gasteiger partial charge in [0.1, 0.15) is 12.4 Å². The molecular formula is C25H31N7O7S. The summed E-state index contributed by atoms with van der Waals surface area (Å²) in [5.41, 5.74) is -1.16. The van der Waals surface area contributed by atoms with Gasteiger partial charge >= 0.3 is 5.63 Å². The van der Waals surface area contributed by atoms with Gasteiger partial charge in [0.25, 0.3) is 5.91 Å². The zero-order valence-electron chi connectivity index (χ0n) is 22.8. The summed E-state index contributed by atoms with van der Waals surface area (Å²) in [6.45, 7) is 7.54. The molecule has 0 unspecified atom stereocenters. The topological polar surface area (TPSA) is 172 Å². The quantitative estimate of drug-likeness (QED) is 0.288. The lowest BCUT2D eigenvalue weighted by Gasteiger charge is -2.69. The summed E-state index contributed by atoms with van der Waals surface area (Å²) < 4.78 is 23.7. The van der Waals surface area contributed by atoms with Crippen molar-refractivity contribution in [3.05, 3.63) is 34.5 Å². The minimum Gasteiger partial charge on any atom is -0.483 e. The average molecular weight is 574 g/mol. The van der Waals surface area contributed by atoms with Crippen molar-refractivity contribution in [3.8, 4) is 10.9 Å². The number of carbonyl (C=O) groups excluding carboxylic acids is 2. The highest BCUT2D eigenvalue weighted by molar-refractivity contribution is 7.17. The molecule has 3 heterocycles. The van der Waals surface area contributed by atoms with Crippen molar-refractivity contribution in [1.82, 2.24) is 20.0 Å². The zero-order chi connectivity index (χ0) is 28.7. The molecule has 2 amide bonds. The summed E-state index contributed by atoms with van der Waals surface area (Å²) >= 11 is 1.02. The first-order valence-corrected chi connectivity index (χ1v) is 13.5. The van der Waals surface area contributed by atoms with Crippen LogP contribution in [-0.2, 0) is 14.3 Å². The molecule has 0 atom stereocenters. The lowest BCUT2D eigenvalue weighted by molar-refractivity contribution is -0.215. The lowest BCUT2D eigenvalue weighted by atomic mass is 9.46. The van der Waals surface area contributed by atoms with E-state index in [1.807, 2.05) is 20.8 Å². The lowest BCUT2D eigenvalue weighted by Crippen LogP contribution is -2.76. The molecule has 3 aromatic rings. The van der Waals surface area contributed by atoms with Crippen molar-refractivity contribution in [2.45, 2.75) is 63.7 Å². The van der Waals surface area contributed by atoms with E-state index in [1.165, 1.54) is 23.9 Å². The molecule has 214 valence electrons. The first-order valence-electron chi connectivity index (χ1n) is 12.7. The standard InChI is InChI=1S/C25H31N7O7S/c1-14(33)27-17-6-7-26-32(17)22-31-30-21(40-22)28-19(34)16-10-15(29-24-11-25(12-24,13-24)36-5)18(20(35)39-16)37-8-9-38-23(2,3)4/h6-7,10,29H,8-9,11-13H2,1-5H3,(H,27,33)(H,28,30,34). The predicted octanol–water partition coefficient (Wildman–Crippen LogP) is 2.82. The van der Waals surface area contributed by atoms with Gasteiger partial charge in [0.05, 0.1) is 29.7 Å². The molecule has 0 aliphatic heterocycles. The number of nitrogens with one attached hydrogen (secondary N) is 3. The van der Waals surface area contributed by atoms with Crippen LogP contribution < -0.4 is 26.3 Å². The molecule has 3 fully saturated rings. The van der Waals surface area contributed by atoms with E-state index in [1.54, 1.807) is 13.2 Å². The minimum absolute atomic E-state index is 0.0207. The van der Waals surface area contributed by atoms with Crippen LogP contribution in [0.1, 0.15) is 57.5 Å². The van der Waals surface area contributed by atoms with Gasteiger partial charge in [0.2, 0.25) is 21.9 Å². The van der Waals surface area contributed by atoms with Crippen molar-refractivity contribution in [2.24, 2.45) is 0 Å². The van der Waals surface area contributed by atoms with E-state index in [0.29, 0.717) is 16.6 Å². The van der Waals surface area contributed by atoms with Crippen LogP contribution in [0.3, 0.4) is 0 Å². The van der Waals surface area contributed by atoms with Crippen LogP contribution in [-0.4, -0.2) is 68.9 Å². The van der Waals surface area contributed by atoms with E-state index >= 15 is 0 Å². The average Bonchev–Trinajstić information content (AvgIpc) is 3.47. The van der Waals surface area contributed by atoms with Crippen molar-refractivity contribution in [3.63, 3.8) is 0 Å². The molecule has 3 saturated carbocycles. The Labute approximate surface area is 233 Å². The maximum atomic E-state index is 13.1. The van der Waals surface area contributed by atoms with Crippen molar-refractivity contribution in [1.29, 1.82) is 0 Å².